The van der Waals surface area contributed by atoms with Crippen LogP contribution in [0.25, 0.3) is 0 Å². The molecule has 0 aliphatic heterocycles. The molecule has 0 aliphatic rings. The standard InChI is InChI=1S/C13H19F3N2O2/c1-12(2,19-3)6-7-17-10-4-5-11(18-8-10)20-9-13(14,15)16/h4-5,8,17H,6-7,9H2,1-3H3. The first kappa shape index (κ1) is 16.6. The largest absolute Gasteiger partial charge is 0.468 e. The molecule has 0 radical (unpaired) electrons. The molecular weight excluding hydrogens is 273 g/mol. The number of hydrogen-bond acceptors (Lipinski definition) is 4. The quantitative estimate of drug-likeness (QED) is 0.838. The van der Waals surface area contributed by atoms with Gasteiger partial charge in [0.1, 0.15) is 0 Å². The van der Waals surface area contributed by atoms with E-state index in [1.54, 1.807) is 13.2 Å². The van der Waals surface area contributed by atoms with E-state index in [0.29, 0.717) is 6.54 Å². The number of anilines is 1. The summed E-state index contributed by atoms with van der Waals surface area (Å²) >= 11 is 0. The molecule has 1 aromatic rings. The summed E-state index contributed by atoms with van der Waals surface area (Å²) in [7, 11) is 1.65. The molecule has 0 bridgehead atoms. The lowest BCUT2D eigenvalue weighted by molar-refractivity contribution is -0.154. The van der Waals surface area contributed by atoms with Gasteiger partial charge in [0.15, 0.2) is 6.61 Å². The summed E-state index contributed by atoms with van der Waals surface area (Å²) in [6, 6.07) is 3.02. The van der Waals surface area contributed by atoms with Crippen molar-refractivity contribution in [3.05, 3.63) is 18.3 Å². The molecule has 0 fully saturated rings. The van der Waals surface area contributed by atoms with E-state index in [1.807, 2.05) is 13.8 Å². The molecule has 20 heavy (non-hydrogen) atoms. The summed E-state index contributed by atoms with van der Waals surface area (Å²) in [5.74, 6) is -0.0508. The Kier molecular flexibility index (Phi) is 5.62. The third kappa shape index (κ3) is 6.60. The third-order valence-corrected chi connectivity index (χ3v) is 2.73. The number of halogens is 3. The smallest absolute Gasteiger partial charge is 0.422 e. The fourth-order valence-electron chi connectivity index (χ4n) is 1.34. The molecule has 0 aromatic carbocycles. The minimum Gasteiger partial charge on any atom is -0.468 e. The van der Waals surface area contributed by atoms with Crippen molar-refractivity contribution in [3.8, 4) is 5.88 Å². The number of ether oxygens (including phenoxy) is 2. The molecular formula is C13H19F3N2O2. The summed E-state index contributed by atoms with van der Waals surface area (Å²) < 4.78 is 45.7. The van der Waals surface area contributed by atoms with Crippen molar-refractivity contribution in [1.82, 2.24) is 4.98 Å². The molecule has 0 unspecified atom stereocenters. The summed E-state index contributed by atoms with van der Waals surface area (Å²) in [4.78, 5) is 3.80. The topological polar surface area (TPSA) is 43.4 Å². The molecule has 4 nitrogen and oxygen atoms in total. The second-order valence-corrected chi connectivity index (χ2v) is 4.93. The number of alkyl halides is 3. The highest BCUT2D eigenvalue weighted by atomic mass is 19.4. The van der Waals surface area contributed by atoms with Crippen LogP contribution in [0.3, 0.4) is 0 Å². The number of methoxy groups -OCH3 is 1. The van der Waals surface area contributed by atoms with E-state index in [0.717, 1.165) is 12.1 Å². The van der Waals surface area contributed by atoms with Crippen LogP contribution >= 0.6 is 0 Å². The van der Waals surface area contributed by atoms with E-state index in [1.165, 1.54) is 12.3 Å². The first-order chi connectivity index (χ1) is 9.22. The van der Waals surface area contributed by atoms with Crippen LogP contribution in [0.2, 0.25) is 0 Å². The zero-order valence-electron chi connectivity index (χ0n) is 11.8. The zero-order chi connectivity index (χ0) is 15.2. The lowest BCUT2D eigenvalue weighted by Gasteiger charge is -2.23. The lowest BCUT2D eigenvalue weighted by Crippen LogP contribution is -2.25. The summed E-state index contributed by atoms with van der Waals surface area (Å²) in [6.07, 6.45) is -2.13. The van der Waals surface area contributed by atoms with Crippen molar-refractivity contribution in [2.24, 2.45) is 0 Å². The minimum absolute atomic E-state index is 0.0508. The first-order valence-electron chi connectivity index (χ1n) is 6.16. The van der Waals surface area contributed by atoms with Gasteiger partial charge in [-0.05, 0) is 26.3 Å². The van der Waals surface area contributed by atoms with E-state index in [2.05, 4.69) is 15.0 Å². The summed E-state index contributed by atoms with van der Waals surface area (Å²) in [6.45, 7) is 3.28. The normalized spacial score (nSPS) is 12.3. The van der Waals surface area contributed by atoms with Gasteiger partial charge in [0.2, 0.25) is 5.88 Å². The Balaban J connectivity index is 2.39. The fraction of sp³-hybridized carbons (Fsp3) is 0.615. The van der Waals surface area contributed by atoms with Gasteiger partial charge in [-0.1, -0.05) is 0 Å². The molecule has 1 rings (SSSR count). The Morgan fingerprint density at radius 3 is 2.45 bits per heavy atom. The highest BCUT2D eigenvalue weighted by Crippen LogP contribution is 2.18. The van der Waals surface area contributed by atoms with Gasteiger partial charge in [0.25, 0.3) is 0 Å². The van der Waals surface area contributed by atoms with Crippen molar-refractivity contribution < 1.29 is 22.6 Å². The van der Waals surface area contributed by atoms with Crippen LogP contribution in [-0.2, 0) is 4.74 Å². The van der Waals surface area contributed by atoms with Crippen LogP contribution in [0.15, 0.2) is 18.3 Å². The molecule has 114 valence electrons. The average Bonchev–Trinajstić information content (AvgIpc) is 2.37. The molecule has 0 spiro atoms. The van der Waals surface area contributed by atoms with Gasteiger partial charge in [-0.2, -0.15) is 13.2 Å². The van der Waals surface area contributed by atoms with E-state index in [4.69, 9.17) is 4.74 Å². The van der Waals surface area contributed by atoms with Crippen LogP contribution in [0.5, 0.6) is 5.88 Å². The predicted molar refractivity (Wildman–Crippen MR) is 70.0 cm³/mol. The van der Waals surface area contributed by atoms with Crippen LogP contribution in [0, 0.1) is 0 Å². The first-order valence-corrected chi connectivity index (χ1v) is 6.16. The fourth-order valence-corrected chi connectivity index (χ4v) is 1.34. The third-order valence-electron chi connectivity index (χ3n) is 2.73. The zero-order valence-corrected chi connectivity index (χ0v) is 11.8. The van der Waals surface area contributed by atoms with Crippen molar-refractivity contribution in [2.45, 2.75) is 32.0 Å². The van der Waals surface area contributed by atoms with Crippen LogP contribution in [0.4, 0.5) is 18.9 Å². The van der Waals surface area contributed by atoms with Crippen molar-refractivity contribution in [2.75, 3.05) is 25.6 Å². The Morgan fingerprint density at radius 1 is 1.25 bits per heavy atom. The maximum atomic E-state index is 12.0. The molecule has 7 heteroatoms. The second-order valence-electron chi connectivity index (χ2n) is 4.93. The van der Waals surface area contributed by atoms with E-state index >= 15 is 0 Å². The Bertz CT molecular complexity index is 405. The highest BCUT2D eigenvalue weighted by Gasteiger charge is 2.28. The summed E-state index contributed by atoms with van der Waals surface area (Å²) in [5, 5.41) is 3.11. The molecule has 0 atom stereocenters. The van der Waals surface area contributed by atoms with Crippen molar-refractivity contribution in [1.29, 1.82) is 0 Å². The summed E-state index contributed by atoms with van der Waals surface area (Å²) in [5.41, 5.74) is 0.493. The highest BCUT2D eigenvalue weighted by molar-refractivity contribution is 5.41. The van der Waals surface area contributed by atoms with Crippen molar-refractivity contribution >= 4 is 5.69 Å². The van der Waals surface area contributed by atoms with Gasteiger partial charge >= 0.3 is 6.18 Å². The van der Waals surface area contributed by atoms with Gasteiger partial charge in [0.05, 0.1) is 17.5 Å². The monoisotopic (exact) mass is 292 g/mol. The van der Waals surface area contributed by atoms with Gasteiger partial charge in [-0.15, -0.1) is 0 Å². The van der Waals surface area contributed by atoms with Gasteiger partial charge in [0, 0.05) is 19.7 Å². The molecule has 0 saturated carbocycles. The Morgan fingerprint density at radius 2 is 1.95 bits per heavy atom. The molecule has 0 aliphatic carbocycles. The number of hydrogen-bond donors (Lipinski definition) is 1. The van der Waals surface area contributed by atoms with Crippen LogP contribution in [-0.4, -0.2) is 37.0 Å². The number of nitrogens with one attached hydrogen (secondary N) is 1. The maximum Gasteiger partial charge on any atom is 0.422 e. The number of pyridine rings is 1. The predicted octanol–water partition coefficient (Wildman–Crippen LogP) is 3.25. The van der Waals surface area contributed by atoms with Crippen LogP contribution in [0.1, 0.15) is 20.3 Å². The second kappa shape index (κ2) is 6.78. The molecule has 1 N–H and O–H groups in total. The number of aromatic nitrogens is 1. The SMILES string of the molecule is COC(C)(C)CCNc1ccc(OCC(F)(F)F)nc1. The number of rotatable bonds is 7. The average molecular weight is 292 g/mol. The molecule has 1 aromatic heterocycles. The van der Waals surface area contributed by atoms with E-state index < -0.39 is 12.8 Å². The Labute approximate surface area is 116 Å². The van der Waals surface area contributed by atoms with Gasteiger partial charge in [-0.25, -0.2) is 4.98 Å². The molecule has 0 amide bonds. The maximum absolute atomic E-state index is 12.0. The van der Waals surface area contributed by atoms with Crippen LogP contribution < -0.4 is 10.1 Å². The van der Waals surface area contributed by atoms with Gasteiger partial charge in [-0.3, -0.25) is 0 Å². The minimum atomic E-state index is -4.36. The van der Waals surface area contributed by atoms with E-state index in [9.17, 15) is 13.2 Å². The van der Waals surface area contributed by atoms with Crippen molar-refractivity contribution in [3.63, 3.8) is 0 Å². The molecule has 0 saturated heterocycles. The van der Waals surface area contributed by atoms with E-state index in [-0.39, 0.29) is 11.5 Å². The molecule has 1 heterocycles. The number of nitrogens with zero attached hydrogens (tertiary/aromatic N) is 1. The Hall–Kier alpha value is -1.50. The van der Waals surface area contributed by atoms with Gasteiger partial charge < -0.3 is 14.8 Å². The lowest BCUT2D eigenvalue weighted by atomic mass is 10.1.